The van der Waals surface area contributed by atoms with Crippen LogP contribution >= 0.6 is 0 Å². The maximum atomic E-state index is 12.5. The minimum absolute atomic E-state index is 0.289. The Morgan fingerprint density at radius 2 is 1.33 bits per heavy atom. The molecule has 0 aliphatic heterocycles. The first-order chi connectivity index (χ1) is 14.5. The number of hydrogen-bond donors (Lipinski definition) is 0. The molecule has 0 radical (unpaired) electrons. The number of carbonyl (C=O) groups excluding carboxylic acids is 2. The smallest absolute Gasteiger partial charge is 0.339 e. The molecule has 1 aromatic rings. The second-order valence-corrected chi connectivity index (χ2v) is 8.83. The van der Waals surface area contributed by atoms with Crippen LogP contribution in [0.15, 0.2) is 24.3 Å². The number of esters is 2. The highest BCUT2D eigenvalue weighted by molar-refractivity contribution is 6.03. The van der Waals surface area contributed by atoms with Crippen molar-refractivity contribution in [2.24, 2.45) is 11.8 Å². The third-order valence-electron chi connectivity index (χ3n) is 5.33. The summed E-state index contributed by atoms with van der Waals surface area (Å²) in [7, 11) is 0. The van der Waals surface area contributed by atoms with E-state index in [4.69, 9.17) is 9.47 Å². The van der Waals surface area contributed by atoms with Crippen molar-refractivity contribution in [1.82, 2.24) is 0 Å². The Bertz CT molecular complexity index is 609. The van der Waals surface area contributed by atoms with Gasteiger partial charge in [0.05, 0.1) is 24.3 Å². The van der Waals surface area contributed by atoms with Crippen molar-refractivity contribution < 1.29 is 19.1 Å². The zero-order valence-electron chi connectivity index (χ0n) is 19.6. The van der Waals surface area contributed by atoms with E-state index in [9.17, 15) is 9.59 Å². The largest absolute Gasteiger partial charge is 0.462 e. The van der Waals surface area contributed by atoms with Crippen molar-refractivity contribution in [3.63, 3.8) is 0 Å². The fraction of sp³-hybridized carbons (Fsp3) is 0.692. The highest BCUT2D eigenvalue weighted by Gasteiger charge is 2.19. The predicted octanol–water partition coefficient (Wildman–Crippen LogP) is 7.21. The molecule has 0 saturated heterocycles. The summed E-state index contributed by atoms with van der Waals surface area (Å²) in [6.45, 7) is 9.53. The minimum atomic E-state index is -0.449. The van der Waals surface area contributed by atoms with Gasteiger partial charge in [-0.05, 0) is 36.8 Å². The molecular formula is C26H42O4. The molecule has 4 heteroatoms. The Kier molecular flexibility index (Phi) is 13.9. The third kappa shape index (κ3) is 11.4. The second-order valence-electron chi connectivity index (χ2n) is 8.83. The van der Waals surface area contributed by atoms with E-state index in [0.29, 0.717) is 19.1 Å². The molecule has 0 spiro atoms. The van der Waals surface area contributed by atoms with Crippen molar-refractivity contribution >= 4 is 11.9 Å². The Labute approximate surface area is 183 Å². The van der Waals surface area contributed by atoms with Gasteiger partial charge in [0, 0.05) is 0 Å². The summed E-state index contributed by atoms with van der Waals surface area (Å²) in [6, 6.07) is 6.76. The van der Waals surface area contributed by atoms with E-state index >= 15 is 0 Å². The van der Waals surface area contributed by atoms with E-state index in [1.165, 1.54) is 38.5 Å². The number of benzene rings is 1. The van der Waals surface area contributed by atoms with Gasteiger partial charge in [-0.2, -0.15) is 0 Å². The second kappa shape index (κ2) is 15.9. The quantitative estimate of drug-likeness (QED) is 0.210. The molecule has 0 aliphatic carbocycles. The summed E-state index contributed by atoms with van der Waals surface area (Å²) in [5.74, 6) is 0.190. The molecule has 0 bridgehead atoms. The number of hydrogen-bond acceptors (Lipinski definition) is 4. The monoisotopic (exact) mass is 418 g/mol. The Morgan fingerprint density at radius 1 is 0.767 bits per heavy atom. The van der Waals surface area contributed by atoms with Gasteiger partial charge in [-0.15, -0.1) is 0 Å². The maximum Gasteiger partial charge on any atom is 0.339 e. The first-order valence-electron chi connectivity index (χ1n) is 11.9. The summed E-state index contributed by atoms with van der Waals surface area (Å²) < 4.78 is 10.9. The first-order valence-corrected chi connectivity index (χ1v) is 11.9. The maximum absolute atomic E-state index is 12.5. The topological polar surface area (TPSA) is 52.6 Å². The molecule has 1 rings (SSSR count). The zero-order valence-corrected chi connectivity index (χ0v) is 19.6. The Hall–Kier alpha value is -1.84. The lowest BCUT2D eigenvalue weighted by Gasteiger charge is -2.13. The van der Waals surface area contributed by atoms with Gasteiger partial charge in [-0.1, -0.05) is 91.2 Å². The molecule has 1 aromatic carbocycles. The SMILES string of the molecule is CCCCCC(C)COC(=O)c1ccccc1C(=O)OCCCCCCCC(C)C. The van der Waals surface area contributed by atoms with Crippen molar-refractivity contribution in [3.05, 3.63) is 35.4 Å². The van der Waals surface area contributed by atoms with Crippen LogP contribution < -0.4 is 0 Å². The molecule has 4 nitrogen and oxygen atoms in total. The molecule has 1 atom stereocenters. The number of carbonyl (C=O) groups is 2. The summed E-state index contributed by atoms with van der Waals surface area (Å²) in [4.78, 5) is 25.0. The van der Waals surface area contributed by atoms with Crippen molar-refractivity contribution in [2.45, 2.75) is 91.9 Å². The van der Waals surface area contributed by atoms with Crippen LogP contribution in [0, 0.1) is 11.8 Å². The summed E-state index contributed by atoms with van der Waals surface area (Å²) in [6.07, 6.45) is 11.4. The zero-order chi connectivity index (χ0) is 22.2. The summed E-state index contributed by atoms with van der Waals surface area (Å²) in [5, 5.41) is 0. The number of unbranched alkanes of at least 4 members (excludes halogenated alkanes) is 6. The molecule has 170 valence electrons. The highest BCUT2D eigenvalue weighted by atomic mass is 16.5. The molecule has 0 heterocycles. The van der Waals surface area contributed by atoms with Gasteiger partial charge in [0.25, 0.3) is 0 Å². The van der Waals surface area contributed by atoms with Crippen LogP contribution in [-0.4, -0.2) is 25.2 Å². The van der Waals surface area contributed by atoms with Crippen LogP contribution in [0.25, 0.3) is 0 Å². The fourth-order valence-electron chi connectivity index (χ4n) is 3.39. The van der Waals surface area contributed by atoms with Gasteiger partial charge in [-0.3, -0.25) is 0 Å². The van der Waals surface area contributed by atoms with Crippen molar-refractivity contribution in [1.29, 1.82) is 0 Å². The van der Waals surface area contributed by atoms with Gasteiger partial charge in [0.1, 0.15) is 0 Å². The van der Waals surface area contributed by atoms with Crippen molar-refractivity contribution in [3.8, 4) is 0 Å². The van der Waals surface area contributed by atoms with E-state index in [1.807, 2.05) is 0 Å². The number of ether oxygens (including phenoxy) is 2. The summed E-state index contributed by atoms with van der Waals surface area (Å²) >= 11 is 0. The normalized spacial score (nSPS) is 12.0. The van der Waals surface area contributed by atoms with Gasteiger partial charge < -0.3 is 9.47 Å². The Balaban J connectivity index is 2.38. The highest BCUT2D eigenvalue weighted by Crippen LogP contribution is 2.15. The van der Waals surface area contributed by atoms with Crippen LogP contribution in [0.1, 0.15) is 113 Å². The van der Waals surface area contributed by atoms with E-state index in [0.717, 1.165) is 31.6 Å². The Morgan fingerprint density at radius 3 is 1.97 bits per heavy atom. The van der Waals surface area contributed by atoms with Crippen LogP contribution in [0.2, 0.25) is 0 Å². The van der Waals surface area contributed by atoms with E-state index < -0.39 is 11.9 Å². The van der Waals surface area contributed by atoms with Gasteiger partial charge in [0.2, 0.25) is 0 Å². The van der Waals surface area contributed by atoms with Crippen molar-refractivity contribution in [2.75, 3.05) is 13.2 Å². The molecule has 30 heavy (non-hydrogen) atoms. The average molecular weight is 419 g/mol. The minimum Gasteiger partial charge on any atom is -0.462 e. The molecular weight excluding hydrogens is 376 g/mol. The molecule has 1 unspecified atom stereocenters. The molecule has 0 amide bonds. The van der Waals surface area contributed by atoms with Crippen LogP contribution in [0.5, 0.6) is 0 Å². The third-order valence-corrected chi connectivity index (χ3v) is 5.33. The molecule has 0 fully saturated rings. The first kappa shape index (κ1) is 26.2. The molecule has 0 aliphatic rings. The van der Waals surface area contributed by atoms with E-state index in [1.54, 1.807) is 24.3 Å². The van der Waals surface area contributed by atoms with Gasteiger partial charge >= 0.3 is 11.9 Å². The standard InChI is InChI=1S/C26H42O4/c1-5-6-10-16-22(4)20-30-26(28)24-18-13-12-17-23(24)25(27)29-19-14-9-7-8-11-15-21(2)3/h12-13,17-18,21-22H,5-11,14-16,19-20H2,1-4H3. The average Bonchev–Trinajstić information content (AvgIpc) is 2.73. The number of rotatable bonds is 16. The lowest BCUT2D eigenvalue weighted by Crippen LogP contribution is -2.17. The van der Waals surface area contributed by atoms with Crippen LogP contribution in [0.3, 0.4) is 0 Å². The summed E-state index contributed by atoms with van der Waals surface area (Å²) in [5.41, 5.74) is 0.579. The van der Waals surface area contributed by atoms with Crippen LogP contribution in [-0.2, 0) is 9.47 Å². The molecule has 0 saturated carbocycles. The molecule has 0 N–H and O–H groups in total. The van der Waals surface area contributed by atoms with E-state index in [-0.39, 0.29) is 11.1 Å². The van der Waals surface area contributed by atoms with Crippen LogP contribution in [0.4, 0.5) is 0 Å². The predicted molar refractivity (Wildman–Crippen MR) is 123 cm³/mol. The lowest BCUT2D eigenvalue weighted by atomic mass is 10.0. The van der Waals surface area contributed by atoms with Gasteiger partial charge in [0.15, 0.2) is 0 Å². The lowest BCUT2D eigenvalue weighted by molar-refractivity contribution is 0.0416. The van der Waals surface area contributed by atoms with Gasteiger partial charge in [-0.25, -0.2) is 9.59 Å². The van der Waals surface area contributed by atoms with E-state index in [2.05, 4.69) is 27.7 Å². The fourth-order valence-corrected chi connectivity index (χ4v) is 3.39. The molecule has 0 aromatic heterocycles.